The molecule has 0 aromatic heterocycles. The van der Waals surface area contributed by atoms with Gasteiger partial charge in [-0.2, -0.15) is 0 Å². The molecule has 1 aromatic carbocycles. The minimum atomic E-state index is -0.488. The van der Waals surface area contributed by atoms with Crippen molar-refractivity contribution in [3.8, 4) is 0 Å². The third-order valence-electron chi connectivity index (χ3n) is 2.93. The number of benzene rings is 1. The van der Waals surface area contributed by atoms with E-state index in [-0.39, 0.29) is 0 Å². The molecule has 18 heavy (non-hydrogen) atoms. The van der Waals surface area contributed by atoms with E-state index < -0.39 is 11.7 Å². The van der Waals surface area contributed by atoms with E-state index in [1.165, 1.54) is 0 Å². The number of nitrogen functional groups attached to an aromatic ring is 1. The molecule has 6 heteroatoms. The Bertz CT molecular complexity index is 488. The van der Waals surface area contributed by atoms with Crippen LogP contribution < -0.4 is 5.73 Å². The molecule has 96 valence electrons. The summed E-state index contributed by atoms with van der Waals surface area (Å²) >= 11 is 6.53. The lowest BCUT2D eigenvalue weighted by Crippen LogP contribution is -2.34. The Morgan fingerprint density at radius 1 is 1.11 bits per heavy atom. The van der Waals surface area contributed by atoms with Crippen LogP contribution in [0.4, 0.5) is 5.69 Å². The minimum Gasteiger partial charge on any atom is -0.397 e. The van der Waals surface area contributed by atoms with Gasteiger partial charge in [0.15, 0.2) is 0 Å². The summed E-state index contributed by atoms with van der Waals surface area (Å²) in [5, 5.41) is 0. The first-order valence-corrected chi connectivity index (χ1v) is 7.17. The SMILES string of the molecule is Nc1c(Br)cc(C(=O)C(=O)N2CCCC2)cc1Br. The summed E-state index contributed by atoms with van der Waals surface area (Å²) in [6.45, 7) is 1.34. The zero-order chi connectivity index (χ0) is 13.3. The maximum absolute atomic E-state index is 12.1. The van der Waals surface area contributed by atoms with Crippen LogP contribution >= 0.6 is 31.9 Å². The molecule has 0 bridgehead atoms. The standard InChI is InChI=1S/C12H12Br2N2O2/c13-8-5-7(6-9(14)10(8)15)11(17)12(18)16-3-1-2-4-16/h5-6H,1-4,15H2. The first kappa shape index (κ1) is 13.5. The molecule has 0 unspecified atom stereocenters. The monoisotopic (exact) mass is 374 g/mol. The Labute approximate surface area is 122 Å². The van der Waals surface area contributed by atoms with Crippen molar-refractivity contribution in [3.05, 3.63) is 26.6 Å². The van der Waals surface area contributed by atoms with Crippen molar-refractivity contribution in [2.75, 3.05) is 18.8 Å². The smallest absolute Gasteiger partial charge is 0.294 e. The lowest BCUT2D eigenvalue weighted by Gasteiger charge is -2.14. The topological polar surface area (TPSA) is 63.4 Å². The van der Waals surface area contributed by atoms with Gasteiger partial charge in [-0.05, 0) is 56.8 Å². The third-order valence-corrected chi connectivity index (χ3v) is 4.24. The summed E-state index contributed by atoms with van der Waals surface area (Å²) < 4.78 is 1.21. The lowest BCUT2D eigenvalue weighted by atomic mass is 10.1. The molecule has 0 atom stereocenters. The number of ketones is 1. The number of likely N-dealkylation sites (tertiary alicyclic amines) is 1. The molecular weight excluding hydrogens is 364 g/mol. The fraction of sp³-hybridized carbons (Fsp3) is 0.333. The van der Waals surface area contributed by atoms with Crippen LogP contribution in [0, 0.1) is 0 Å². The predicted octanol–water partition coefficient (Wildman–Crippen LogP) is 2.60. The van der Waals surface area contributed by atoms with E-state index in [9.17, 15) is 9.59 Å². The molecule has 1 saturated heterocycles. The van der Waals surface area contributed by atoms with Gasteiger partial charge in [0, 0.05) is 27.6 Å². The van der Waals surface area contributed by atoms with Crippen molar-refractivity contribution >= 4 is 49.2 Å². The van der Waals surface area contributed by atoms with Crippen molar-refractivity contribution in [2.24, 2.45) is 0 Å². The highest BCUT2D eigenvalue weighted by atomic mass is 79.9. The quantitative estimate of drug-likeness (QED) is 0.491. The van der Waals surface area contributed by atoms with E-state index in [4.69, 9.17) is 5.73 Å². The van der Waals surface area contributed by atoms with Gasteiger partial charge in [-0.1, -0.05) is 0 Å². The second-order valence-electron chi connectivity index (χ2n) is 4.18. The number of nitrogens with two attached hydrogens (primary N) is 1. The van der Waals surface area contributed by atoms with E-state index in [2.05, 4.69) is 31.9 Å². The molecule has 1 aliphatic heterocycles. The molecule has 0 radical (unpaired) electrons. The van der Waals surface area contributed by atoms with Crippen LogP contribution in [0.15, 0.2) is 21.1 Å². The van der Waals surface area contributed by atoms with Crippen molar-refractivity contribution in [1.82, 2.24) is 4.90 Å². The summed E-state index contributed by atoms with van der Waals surface area (Å²) in [7, 11) is 0. The maximum Gasteiger partial charge on any atom is 0.294 e. The van der Waals surface area contributed by atoms with Crippen LogP contribution in [0.1, 0.15) is 23.2 Å². The average Bonchev–Trinajstić information content (AvgIpc) is 2.87. The zero-order valence-corrected chi connectivity index (χ0v) is 12.8. The molecule has 2 N–H and O–H groups in total. The van der Waals surface area contributed by atoms with E-state index in [0.717, 1.165) is 12.8 Å². The summed E-state index contributed by atoms with van der Waals surface area (Å²) in [6.07, 6.45) is 1.93. The number of nitrogens with zero attached hydrogens (tertiary/aromatic N) is 1. The number of amides is 1. The maximum atomic E-state index is 12.1. The molecule has 0 saturated carbocycles. The minimum absolute atomic E-state index is 0.347. The Hall–Kier alpha value is -0.880. The number of rotatable bonds is 2. The fourth-order valence-corrected chi connectivity index (χ4v) is 3.09. The number of Topliss-reactive ketones (excluding diaryl/α,β-unsaturated/α-hetero) is 1. The normalized spacial score (nSPS) is 14.9. The van der Waals surface area contributed by atoms with Gasteiger partial charge in [0.05, 0.1) is 5.69 Å². The van der Waals surface area contributed by atoms with E-state index in [1.807, 2.05) is 0 Å². The first-order chi connectivity index (χ1) is 8.50. The van der Waals surface area contributed by atoms with Gasteiger partial charge in [0.2, 0.25) is 5.78 Å². The van der Waals surface area contributed by atoms with E-state index in [1.54, 1.807) is 17.0 Å². The highest BCUT2D eigenvalue weighted by molar-refractivity contribution is 9.11. The van der Waals surface area contributed by atoms with Crippen LogP contribution in [0.5, 0.6) is 0 Å². The first-order valence-electron chi connectivity index (χ1n) is 5.59. The van der Waals surface area contributed by atoms with Crippen LogP contribution in [-0.2, 0) is 4.79 Å². The van der Waals surface area contributed by atoms with Gasteiger partial charge in [-0.3, -0.25) is 9.59 Å². The number of anilines is 1. The van der Waals surface area contributed by atoms with E-state index in [0.29, 0.717) is 33.3 Å². The molecule has 1 aliphatic rings. The second kappa shape index (κ2) is 5.40. The van der Waals surface area contributed by atoms with Gasteiger partial charge >= 0.3 is 0 Å². The van der Waals surface area contributed by atoms with Crippen molar-refractivity contribution in [2.45, 2.75) is 12.8 Å². The molecule has 1 aromatic rings. The van der Waals surface area contributed by atoms with Crippen LogP contribution in [0.25, 0.3) is 0 Å². The molecule has 0 spiro atoms. The fourth-order valence-electron chi connectivity index (χ4n) is 1.90. The van der Waals surface area contributed by atoms with Crippen LogP contribution in [0.3, 0.4) is 0 Å². The Kier molecular flexibility index (Phi) is 4.07. The predicted molar refractivity (Wildman–Crippen MR) is 76.4 cm³/mol. The zero-order valence-electron chi connectivity index (χ0n) is 9.58. The average molecular weight is 376 g/mol. The Morgan fingerprint density at radius 2 is 1.61 bits per heavy atom. The number of hydrogen-bond acceptors (Lipinski definition) is 3. The highest BCUT2D eigenvalue weighted by Crippen LogP contribution is 2.30. The van der Waals surface area contributed by atoms with Crippen molar-refractivity contribution in [1.29, 1.82) is 0 Å². The lowest BCUT2D eigenvalue weighted by molar-refractivity contribution is -0.125. The Balaban J connectivity index is 2.25. The van der Waals surface area contributed by atoms with Gasteiger partial charge in [0.25, 0.3) is 5.91 Å². The largest absolute Gasteiger partial charge is 0.397 e. The van der Waals surface area contributed by atoms with Crippen LogP contribution in [-0.4, -0.2) is 29.7 Å². The summed E-state index contributed by atoms with van der Waals surface area (Å²) in [6, 6.07) is 3.16. The molecule has 1 fully saturated rings. The number of hydrogen-bond donors (Lipinski definition) is 1. The second-order valence-corrected chi connectivity index (χ2v) is 5.89. The summed E-state index contributed by atoms with van der Waals surface area (Å²) in [4.78, 5) is 25.6. The summed E-state index contributed by atoms with van der Waals surface area (Å²) in [5.74, 6) is -0.922. The molecule has 1 heterocycles. The molecule has 0 aliphatic carbocycles. The molecule has 4 nitrogen and oxygen atoms in total. The van der Waals surface area contributed by atoms with Gasteiger partial charge in [0.1, 0.15) is 0 Å². The number of carbonyl (C=O) groups is 2. The number of carbonyl (C=O) groups excluding carboxylic acids is 2. The molecule has 1 amide bonds. The van der Waals surface area contributed by atoms with Crippen molar-refractivity contribution in [3.63, 3.8) is 0 Å². The highest BCUT2D eigenvalue weighted by Gasteiger charge is 2.26. The van der Waals surface area contributed by atoms with Gasteiger partial charge in [-0.15, -0.1) is 0 Å². The summed E-state index contributed by atoms with van der Waals surface area (Å²) in [5.41, 5.74) is 6.61. The molecule has 2 rings (SSSR count). The van der Waals surface area contributed by atoms with Gasteiger partial charge < -0.3 is 10.6 Å². The third kappa shape index (κ3) is 2.59. The van der Waals surface area contributed by atoms with Crippen molar-refractivity contribution < 1.29 is 9.59 Å². The molecular formula is C12H12Br2N2O2. The van der Waals surface area contributed by atoms with Crippen LogP contribution in [0.2, 0.25) is 0 Å². The Morgan fingerprint density at radius 3 is 2.11 bits per heavy atom. The van der Waals surface area contributed by atoms with Gasteiger partial charge in [-0.25, -0.2) is 0 Å². The van der Waals surface area contributed by atoms with E-state index >= 15 is 0 Å². The number of halogens is 2.